The van der Waals surface area contributed by atoms with Gasteiger partial charge in [-0.2, -0.15) is 0 Å². The quantitative estimate of drug-likeness (QED) is 0.770. The molecular weight excluding hydrogens is 292 g/mol. The fraction of sp³-hybridized carbons (Fsp3) is 0.250. The second-order valence-electron chi connectivity index (χ2n) is 4.68. The van der Waals surface area contributed by atoms with Crippen LogP contribution in [0.1, 0.15) is 5.56 Å². The molecule has 0 spiro atoms. The Kier molecular flexibility index (Phi) is 6.17. The molecule has 2 aromatic rings. The molecule has 2 aromatic carbocycles. The number of benzene rings is 2. The molecule has 0 radical (unpaired) electrons. The largest absolute Gasteiger partial charge is 0.391 e. The lowest BCUT2D eigenvalue weighted by atomic mass is 10.2. The Morgan fingerprint density at radius 2 is 1.52 bits per heavy atom. The van der Waals surface area contributed by atoms with Crippen molar-refractivity contribution in [2.45, 2.75) is 17.5 Å². The second-order valence-corrected chi connectivity index (χ2v) is 5.77. The van der Waals surface area contributed by atoms with E-state index < -0.39 is 6.10 Å². The summed E-state index contributed by atoms with van der Waals surface area (Å²) in [6, 6.07) is 12.4. The van der Waals surface area contributed by atoms with Crippen molar-refractivity contribution < 1.29 is 13.9 Å². The van der Waals surface area contributed by atoms with Gasteiger partial charge in [0.25, 0.3) is 0 Å². The molecule has 2 rings (SSSR count). The van der Waals surface area contributed by atoms with Crippen molar-refractivity contribution in [3.05, 3.63) is 65.7 Å². The minimum Gasteiger partial charge on any atom is -0.391 e. The van der Waals surface area contributed by atoms with Gasteiger partial charge in [-0.3, -0.25) is 0 Å². The van der Waals surface area contributed by atoms with Crippen LogP contribution < -0.4 is 5.32 Å². The first kappa shape index (κ1) is 15.9. The normalized spacial score (nSPS) is 12.3. The summed E-state index contributed by atoms with van der Waals surface area (Å²) in [5.41, 5.74) is 0.967. The van der Waals surface area contributed by atoms with Crippen molar-refractivity contribution in [3.63, 3.8) is 0 Å². The molecule has 0 aromatic heterocycles. The van der Waals surface area contributed by atoms with Crippen LogP contribution in [0.4, 0.5) is 8.78 Å². The number of hydrogen-bond acceptors (Lipinski definition) is 3. The summed E-state index contributed by atoms with van der Waals surface area (Å²) in [4.78, 5) is 0.925. The number of nitrogens with one attached hydrogen (secondary N) is 1. The summed E-state index contributed by atoms with van der Waals surface area (Å²) >= 11 is 1.48. The van der Waals surface area contributed by atoms with Crippen LogP contribution in [0.15, 0.2) is 53.4 Å². The third kappa shape index (κ3) is 5.83. The van der Waals surface area contributed by atoms with Gasteiger partial charge in [-0.1, -0.05) is 12.1 Å². The van der Waals surface area contributed by atoms with Crippen LogP contribution in [0.25, 0.3) is 0 Å². The lowest BCUT2D eigenvalue weighted by Gasteiger charge is -2.11. The first-order valence-electron chi connectivity index (χ1n) is 6.65. The van der Waals surface area contributed by atoms with Crippen molar-refractivity contribution in [1.29, 1.82) is 0 Å². The van der Waals surface area contributed by atoms with E-state index in [1.165, 1.54) is 36.0 Å². The molecule has 21 heavy (non-hydrogen) atoms. The van der Waals surface area contributed by atoms with Crippen LogP contribution in [0.3, 0.4) is 0 Å². The maximum absolute atomic E-state index is 12.7. The highest BCUT2D eigenvalue weighted by Gasteiger charge is 2.05. The molecule has 0 aliphatic carbocycles. The Morgan fingerprint density at radius 1 is 0.952 bits per heavy atom. The van der Waals surface area contributed by atoms with Crippen molar-refractivity contribution in [2.75, 3.05) is 12.3 Å². The molecule has 0 aliphatic heterocycles. The molecule has 5 heteroatoms. The van der Waals surface area contributed by atoms with Crippen molar-refractivity contribution in [2.24, 2.45) is 0 Å². The number of aliphatic hydroxyl groups is 1. The lowest BCUT2D eigenvalue weighted by molar-refractivity contribution is 0.195. The minimum atomic E-state index is -0.500. The van der Waals surface area contributed by atoms with Gasteiger partial charge in [-0.15, -0.1) is 11.8 Å². The Labute approximate surface area is 127 Å². The molecule has 0 aliphatic rings. The predicted octanol–water partition coefficient (Wildman–Crippen LogP) is 3.21. The predicted molar refractivity (Wildman–Crippen MR) is 81.2 cm³/mol. The zero-order chi connectivity index (χ0) is 15.1. The summed E-state index contributed by atoms with van der Waals surface area (Å²) in [5, 5.41) is 13.0. The molecule has 2 N–H and O–H groups in total. The van der Waals surface area contributed by atoms with Crippen LogP contribution in [0, 0.1) is 11.6 Å². The van der Waals surface area contributed by atoms with Gasteiger partial charge in [0, 0.05) is 23.7 Å². The van der Waals surface area contributed by atoms with E-state index in [-0.39, 0.29) is 11.6 Å². The third-order valence-corrected chi connectivity index (χ3v) is 4.04. The van der Waals surface area contributed by atoms with Gasteiger partial charge in [0.15, 0.2) is 0 Å². The summed E-state index contributed by atoms with van der Waals surface area (Å²) in [5.74, 6) is 0.0116. The molecule has 2 nitrogen and oxygen atoms in total. The maximum atomic E-state index is 12.7. The van der Waals surface area contributed by atoms with Crippen molar-refractivity contribution in [3.8, 4) is 0 Å². The second kappa shape index (κ2) is 8.12. The minimum absolute atomic E-state index is 0.255. The van der Waals surface area contributed by atoms with Gasteiger partial charge in [0.05, 0.1) is 6.10 Å². The average Bonchev–Trinajstić information content (AvgIpc) is 2.49. The first-order chi connectivity index (χ1) is 10.1. The molecule has 0 heterocycles. The smallest absolute Gasteiger partial charge is 0.123 e. The van der Waals surface area contributed by atoms with Crippen molar-refractivity contribution >= 4 is 11.8 Å². The molecule has 0 fully saturated rings. The van der Waals surface area contributed by atoms with E-state index in [0.29, 0.717) is 18.8 Å². The van der Waals surface area contributed by atoms with Gasteiger partial charge < -0.3 is 10.4 Å². The monoisotopic (exact) mass is 309 g/mol. The number of halogens is 2. The molecule has 0 saturated heterocycles. The molecule has 0 amide bonds. The van der Waals surface area contributed by atoms with Gasteiger partial charge in [-0.05, 0) is 42.0 Å². The van der Waals surface area contributed by atoms with E-state index in [1.807, 2.05) is 0 Å². The van der Waals surface area contributed by atoms with E-state index in [1.54, 1.807) is 24.3 Å². The fourth-order valence-electron chi connectivity index (χ4n) is 1.77. The van der Waals surface area contributed by atoms with Gasteiger partial charge in [0.2, 0.25) is 0 Å². The molecular formula is C16H17F2NOS. The third-order valence-electron chi connectivity index (χ3n) is 2.88. The maximum Gasteiger partial charge on any atom is 0.123 e. The topological polar surface area (TPSA) is 32.3 Å². The standard InChI is InChI=1S/C16H17F2NOS/c17-13-3-1-12(2-4-13)9-19-10-15(20)11-21-16-7-5-14(18)6-8-16/h1-8,15,19-20H,9-11H2. The highest BCUT2D eigenvalue weighted by atomic mass is 32.2. The van der Waals surface area contributed by atoms with Crippen LogP contribution >= 0.6 is 11.8 Å². The lowest BCUT2D eigenvalue weighted by Crippen LogP contribution is -2.28. The number of thioether (sulfide) groups is 1. The van der Waals surface area contributed by atoms with E-state index in [0.717, 1.165) is 10.5 Å². The summed E-state index contributed by atoms with van der Waals surface area (Å²) in [7, 11) is 0. The molecule has 1 atom stereocenters. The van der Waals surface area contributed by atoms with Crippen LogP contribution in [-0.2, 0) is 6.54 Å². The van der Waals surface area contributed by atoms with Crippen LogP contribution in [0.5, 0.6) is 0 Å². The number of hydrogen-bond donors (Lipinski definition) is 2. The number of aliphatic hydroxyl groups excluding tert-OH is 1. The fourth-order valence-corrected chi connectivity index (χ4v) is 2.60. The highest BCUT2D eigenvalue weighted by Crippen LogP contribution is 2.18. The summed E-state index contributed by atoms with van der Waals surface area (Å²) in [6.07, 6.45) is -0.500. The van der Waals surface area contributed by atoms with Gasteiger partial charge in [0.1, 0.15) is 11.6 Å². The molecule has 0 bridgehead atoms. The molecule has 0 saturated carbocycles. The van der Waals surface area contributed by atoms with E-state index in [4.69, 9.17) is 0 Å². The molecule has 1 unspecified atom stereocenters. The zero-order valence-corrected chi connectivity index (χ0v) is 12.2. The van der Waals surface area contributed by atoms with E-state index in [9.17, 15) is 13.9 Å². The Balaban J connectivity index is 1.66. The van der Waals surface area contributed by atoms with E-state index in [2.05, 4.69) is 5.32 Å². The molecule has 112 valence electrons. The summed E-state index contributed by atoms with van der Waals surface area (Å²) in [6.45, 7) is 1.03. The van der Waals surface area contributed by atoms with Crippen LogP contribution in [0.2, 0.25) is 0 Å². The first-order valence-corrected chi connectivity index (χ1v) is 7.63. The highest BCUT2D eigenvalue weighted by molar-refractivity contribution is 7.99. The van der Waals surface area contributed by atoms with E-state index >= 15 is 0 Å². The van der Waals surface area contributed by atoms with Gasteiger partial charge >= 0.3 is 0 Å². The Bertz CT molecular complexity index is 545. The van der Waals surface area contributed by atoms with Gasteiger partial charge in [-0.25, -0.2) is 8.78 Å². The van der Waals surface area contributed by atoms with Crippen molar-refractivity contribution in [1.82, 2.24) is 5.32 Å². The van der Waals surface area contributed by atoms with Crippen LogP contribution in [-0.4, -0.2) is 23.5 Å². The number of rotatable bonds is 7. The average molecular weight is 309 g/mol. The summed E-state index contributed by atoms with van der Waals surface area (Å²) < 4.78 is 25.5. The Morgan fingerprint density at radius 3 is 2.14 bits per heavy atom. The zero-order valence-electron chi connectivity index (χ0n) is 11.4. The Hall–Kier alpha value is -1.43. The SMILES string of the molecule is OC(CNCc1ccc(F)cc1)CSc1ccc(F)cc1.